The van der Waals surface area contributed by atoms with Gasteiger partial charge in [-0.25, -0.2) is 0 Å². The Morgan fingerprint density at radius 1 is 1.12 bits per heavy atom. The Hall–Kier alpha value is -2.09. The monoisotopic (exact) mass is 210 g/mol. The third kappa shape index (κ3) is 1.31. The van der Waals surface area contributed by atoms with E-state index in [1.165, 1.54) is 0 Å². The summed E-state index contributed by atoms with van der Waals surface area (Å²) in [6.07, 6.45) is 2.76. The van der Waals surface area contributed by atoms with Crippen molar-refractivity contribution in [1.82, 2.24) is 0 Å². The summed E-state index contributed by atoms with van der Waals surface area (Å²) < 4.78 is 5.54. The maximum Gasteiger partial charge on any atom is 0.149 e. The van der Waals surface area contributed by atoms with E-state index in [0.717, 1.165) is 28.4 Å². The molecule has 0 aromatic heterocycles. The zero-order valence-electron chi connectivity index (χ0n) is 8.64. The fourth-order valence-electron chi connectivity index (χ4n) is 2.01. The van der Waals surface area contributed by atoms with Crippen molar-refractivity contribution in [2.24, 2.45) is 0 Å². The molecule has 0 unspecified atom stereocenters. The molecule has 0 N–H and O–H groups in total. The quantitative estimate of drug-likeness (QED) is 0.676. The molecular weight excluding hydrogens is 200 g/mol. The predicted molar refractivity (Wildman–Crippen MR) is 63.5 cm³/mol. The van der Waals surface area contributed by atoms with Gasteiger partial charge >= 0.3 is 0 Å². The standard InChI is InChI=1S/C14H10O2/c15-8-10-7-13-12-4-2-1-3-11(12)5-6-14(13)16-9-10/h1-8H,9H2. The van der Waals surface area contributed by atoms with Gasteiger partial charge in [0.05, 0.1) is 0 Å². The van der Waals surface area contributed by atoms with Gasteiger partial charge in [0.15, 0.2) is 0 Å². The van der Waals surface area contributed by atoms with Crippen LogP contribution in [0.3, 0.4) is 0 Å². The van der Waals surface area contributed by atoms with Gasteiger partial charge in [-0.2, -0.15) is 0 Å². The SMILES string of the molecule is O=CC1=Cc2c(ccc3ccccc23)OC1. The lowest BCUT2D eigenvalue weighted by atomic mass is 10.0. The molecule has 3 rings (SSSR count). The fraction of sp³-hybridized carbons (Fsp3) is 0.0714. The van der Waals surface area contributed by atoms with Crippen molar-refractivity contribution in [2.45, 2.75) is 0 Å². The zero-order chi connectivity index (χ0) is 11.0. The largest absolute Gasteiger partial charge is 0.488 e. The summed E-state index contributed by atoms with van der Waals surface area (Å²) in [4.78, 5) is 10.8. The summed E-state index contributed by atoms with van der Waals surface area (Å²) in [5.41, 5.74) is 1.69. The first-order chi connectivity index (χ1) is 7.88. The maximum absolute atomic E-state index is 10.8. The smallest absolute Gasteiger partial charge is 0.149 e. The average molecular weight is 210 g/mol. The van der Waals surface area contributed by atoms with Crippen LogP contribution in [0.15, 0.2) is 42.0 Å². The summed E-state index contributed by atoms with van der Waals surface area (Å²) >= 11 is 0. The summed E-state index contributed by atoms with van der Waals surface area (Å²) in [6.45, 7) is 0.370. The third-order valence-corrected chi connectivity index (χ3v) is 2.81. The lowest BCUT2D eigenvalue weighted by Crippen LogP contribution is -2.08. The first-order valence-corrected chi connectivity index (χ1v) is 5.19. The van der Waals surface area contributed by atoms with Gasteiger partial charge in [-0.15, -0.1) is 0 Å². The van der Waals surface area contributed by atoms with Gasteiger partial charge < -0.3 is 4.74 Å². The lowest BCUT2D eigenvalue weighted by Gasteiger charge is -2.16. The number of ether oxygens (including phenoxy) is 1. The number of aldehydes is 1. The molecule has 2 heteroatoms. The number of benzene rings is 2. The Bertz CT molecular complexity index is 597. The Balaban J connectivity index is 2.34. The van der Waals surface area contributed by atoms with E-state index in [1.54, 1.807) is 0 Å². The Labute approximate surface area is 93.2 Å². The van der Waals surface area contributed by atoms with Gasteiger partial charge in [-0.3, -0.25) is 4.79 Å². The minimum atomic E-state index is 0.370. The molecule has 78 valence electrons. The van der Waals surface area contributed by atoms with E-state index in [4.69, 9.17) is 4.74 Å². The second-order valence-electron chi connectivity index (χ2n) is 3.82. The van der Waals surface area contributed by atoms with Crippen molar-refractivity contribution in [2.75, 3.05) is 6.61 Å². The predicted octanol–water partition coefficient (Wildman–Crippen LogP) is 2.81. The average Bonchev–Trinajstić information content (AvgIpc) is 2.38. The van der Waals surface area contributed by atoms with Gasteiger partial charge in [-0.05, 0) is 22.9 Å². The van der Waals surface area contributed by atoms with Gasteiger partial charge in [0.25, 0.3) is 0 Å². The van der Waals surface area contributed by atoms with Crippen LogP contribution in [0.25, 0.3) is 16.8 Å². The normalized spacial score (nSPS) is 13.9. The van der Waals surface area contributed by atoms with Crippen molar-refractivity contribution in [3.63, 3.8) is 0 Å². The highest BCUT2D eigenvalue weighted by Gasteiger charge is 2.13. The van der Waals surface area contributed by atoms with Crippen molar-refractivity contribution >= 4 is 23.1 Å². The molecule has 0 aliphatic carbocycles. The fourth-order valence-corrected chi connectivity index (χ4v) is 2.01. The van der Waals surface area contributed by atoms with E-state index >= 15 is 0 Å². The molecule has 0 atom stereocenters. The van der Waals surface area contributed by atoms with Crippen molar-refractivity contribution in [3.8, 4) is 5.75 Å². The molecule has 0 fully saturated rings. The first-order valence-electron chi connectivity index (χ1n) is 5.19. The highest BCUT2D eigenvalue weighted by Crippen LogP contribution is 2.32. The molecule has 0 saturated carbocycles. The maximum atomic E-state index is 10.8. The van der Waals surface area contributed by atoms with E-state index in [9.17, 15) is 4.79 Å². The number of rotatable bonds is 1. The molecule has 0 spiro atoms. The Morgan fingerprint density at radius 3 is 2.88 bits per heavy atom. The molecule has 1 aliphatic rings. The van der Waals surface area contributed by atoms with Crippen LogP contribution < -0.4 is 4.74 Å². The molecule has 2 nitrogen and oxygen atoms in total. The van der Waals surface area contributed by atoms with Gasteiger partial charge in [0, 0.05) is 11.1 Å². The second-order valence-corrected chi connectivity index (χ2v) is 3.82. The molecule has 16 heavy (non-hydrogen) atoms. The lowest BCUT2D eigenvalue weighted by molar-refractivity contribution is -0.105. The third-order valence-electron chi connectivity index (χ3n) is 2.81. The van der Waals surface area contributed by atoms with E-state index < -0.39 is 0 Å². The van der Waals surface area contributed by atoms with Crippen LogP contribution in [0.4, 0.5) is 0 Å². The minimum absolute atomic E-state index is 0.370. The minimum Gasteiger partial charge on any atom is -0.488 e. The molecule has 0 saturated heterocycles. The molecule has 1 aliphatic heterocycles. The van der Waals surface area contributed by atoms with Gasteiger partial charge in [0.1, 0.15) is 18.6 Å². The molecule has 0 bridgehead atoms. The van der Waals surface area contributed by atoms with E-state index in [2.05, 4.69) is 6.07 Å². The summed E-state index contributed by atoms with van der Waals surface area (Å²) in [5, 5.41) is 2.28. The number of hydrogen-bond acceptors (Lipinski definition) is 2. The molecule has 0 amide bonds. The van der Waals surface area contributed by atoms with E-state index in [0.29, 0.717) is 12.2 Å². The number of hydrogen-bond donors (Lipinski definition) is 0. The molecular formula is C14H10O2. The zero-order valence-corrected chi connectivity index (χ0v) is 8.64. The molecule has 0 radical (unpaired) electrons. The van der Waals surface area contributed by atoms with Crippen LogP contribution in [-0.2, 0) is 4.79 Å². The number of carbonyl (C=O) groups is 1. The Morgan fingerprint density at radius 2 is 2.00 bits per heavy atom. The van der Waals surface area contributed by atoms with E-state index in [-0.39, 0.29) is 0 Å². The topological polar surface area (TPSA) is 26.3 Å². The molecule has 1 heterocycles. The van der Waals surface area contributed by atoms with E-state index in [1.807, 2.05) is 36.4 Å². The van der Waals surface area contributed by atoms with Crippen LogP contribution >= 0.6 is 0 Å². The number of carbonyl (C=O) groups excluding carboxylic acids is 1. The highest BCUT2D eigenvalue weighted by molar-refractivity contribution is 5.97. The first kappa shape index (κ1) is 9.16. The molecule has 2 aromatic rings. The van der Waals surface area contributed by atoms with Crippen molar-refractivity contribution < 1.29 is 9.53 Å². The highest BCUT2D eigenvalue weighted by atomic mass is 16.5. The van der Waals surface area contributed by atoms with Crippen LogP contribution in [0.1, 0.15) is 5.56 Å². The van der Waals surface area contributed by atoms with Crippen LogP contribution in [0.5, 0.6) is 5.75 Å². The summed E-state index contributed by atoms with van der Waals surface area (Å²) in [5.74, 6) is 0.851. The van der Waals surface area contributed by atoms with Crippen molar-refractivity contribution in [3.05, 3.63) is 47.5 Å². The summed E-state index contributed by atoms with van der Waals surface area (Å²) in [6, 6.07) is 12.1. The van der Waals surface area contributed by atoms with Crippen LogP contribution in [-0.4, -0.2) is 12.9 Å². The summed E-state index contributed by atoms with van der Waals surface area (Å²) in [7, 11) is 0. The van der Waals surface area contributed by atoms with Crippen molar-refractivity contribution in [1.29, 1.82) is 0 Å². The second kappa shape index (κ2) is 3.49. The van der Waals surface area contributed by atoms with Crippen LogP contribution in [0.2, 0.25) is 0 Å². The van der Waals surface area contributed by atoms with Gasteiger partial charge in [-0.1, -0.05) is 30.3 Å². The molecule has 2 aromatic carbocycles. The van der Waals surface area contributed by atoms with Crippen LogP contribution in [0, 0.1) is 0 Å². The number of fused-ring (bicyclic) bond motifs is 3. The van der Waals surface area contributed by atoms with Gasteiger partial charge in [0.2, 0.25) is 0 Å². The Kier molecular flexibility index (Phi) is 2.00.